The Bertz CT molecular complexity index is 971. The molecular formula is C22H23FN2O4. The molecular weight excluding hydrogens is 375 g/mol. The molecule has 1 saturated heterocycles. The highest BCUT2D eigenvalue weighted by Gasteiger charge is 2.46. The van der Waals surface area contributed by atoms with Crippen LogP contribution >= 0.6 is 0 Å². The fourth-order valence-corrected chi connectivity index (χ4v) is 3.36. The lowest BCUT2D eigenvalue weighted by molar-refractivity contribution is -0.140. The molecule has 0 spiro atoms. The minimum Gasteiger partial charge on any atom is -0.507 e. The highest BCUT2D eigenvalue weighted by atomic mass is 19.1. The summed E-state index contributed by atoms with van der Waals surface area (Å²) >= 11 is 0. The Hall–Kier alpha value is -3.19. The predicted molar refractivity (Wildman–Crippen MR) is 107 cm³/mol. The topological polar surface area (TPSA) is 70.1 Å². The van der Waals surface area contributed by atoms with Crippen molar-refractivity contribution < 1.29 is 23.8 Å². The van der Waals surface area contributed by atoms with Crippen LogP contribution in [0.4, 0.5) is 4.39 Å². The van der Waals surface area contributed by atoms with E-state index in [0.29, 0.717) is 17.9 Å². The van der Waals surface area contributed by atoms with Gasteiger partial charge in [0.2, 0.25) is 0 Å². The zero-order valence-corrected chi connectivity index (χ0v) is 16.6. The fourth-order valence-electron chi connectivity index (χ4n) is 3.36. The van der Waals surface area contributed by atoms with Gasteiger partial charge in [-0.1, -0.05) is 30.3 Å². The number of aliphatic hydroxyl groups excluding tert-OH is 1. The van der Waals surface area contributed by atoms with Crippen LogP contribution in [0.2, 0.25) is 0 Å². The van der Waals surface area contributed by atoms with Crippen molar-refractivity contribution in [3.63, 3.8) is 0 Å². The second kappa shape index (κ2) is 8.45. The number of carbonyl (C=O) groups excluding carboxylic acids is 2. The Balaban J connectivity index is 2.18. The van der Waals surface area contributed by atoms with Gasteiger partial charge >= 0.3 is 0 Å². The molecule has 1 aliphatic heterocycles. The third kappa shape index (κ3) is 4.00. The Morgan fingerprint density at radius 3 is 2.55 bits per heavy atom. The van der Waals surface area contributed by atoms with E-state index < -0.39 is 23.5 Å². The summed E-state index contributed by atoms with van der Waals surface area (Å²) in [5, 5.41) is 10.9. The molecule has 6 nitrogen and oxygen atoms in total. The van der Waals surface area contributed by atoms with Crippen molar-refractivity contribution in [3.05, 3.63) is 71.0 Å². The first kappa shape index (κ1) is 20.5. The molecule has 0 radical (unpaired) electrons. The van der Waals surface area contributed by atoms with E-state index >= 15 is 0 Å². The first-order valence-electron chi connectivity index (χ1n) is 9.17. The number of likely N-dealkylation sites (N-methyl/N-ethyl adjacent to an activating group) is 1. The van der Waals surface area contributed by atoms with Gasteiger partial charge in [-0.3, -0.25) is 9.59 Å². The van der Waals surface area contributed by atoms with Crippen LogP contribution in [0.15, 0.2) is 54.1 Å². The van der Waals surface area contributed by atoms with E-state index in [-0.39, 0.29) is 23.4 Å². The van der Waals surface area contributed by atoms with Crippen LogP contribution in [0.5, 0.6) is 5.75 Å². The van der Waals surface area contributed by atoms with Crippen molar-refractivity contribution >= 4 is 17.4 Å². The van der Waals surface area contributed by atoms with Gasteiger partial charge in [-0.15, -0.1) is 0 Å². The Kier molecular flexibility index (Phi) is 5.98. The lowest BCUT2D eigenvalue weighted by Crippen LogP contribution is -2.35. The van der Waals surface area contributed by atoms with Crippen LogP contribution in [-0.4, -0.2) is 60.9 Å². The largest absolute Gasteiger partial charge is 0.507 e. The van der Waals surface area contributed by atoms with Crippen LogP contribution in [0, 0.1) is 5.82 Å². The third-order valence-corrected chi connectivity index (χ3v) is 4.87. The van der Waals surface area contributed by atoms with Gasteiger partial charge in [-0.25, -0.2) is 4.39 Å². The molecule has 0 aliphatic carbocycles. The minimum atomic E-state index is -1.01. The standard InChI is InChI=1S/C22H23FN2O4/c1-24(2)11-12-25-19(16-9-4-5-10-17(16)23)18(21(27)22(25)28)20(26)14-7-6-8-15(13-14)29-3/h4-10,13,19,26H,11-12H2,1-3H3/b20-18+/t19-/m1/s1. The van der Waals surface area contributed by atoms with Crippen molar-refractivity contribution in [1.29, 1.82) is 0 Å². The number of methoxy groups -OCH3 is 1. The molecule has 2 aromatic rings. The second-order valence-corrected chi connectivity index (χ2v) is 7.05. The summed E-state index contributed by atoms with van der Waals surface area (Å²) in [7, 11) is 5.16. The molecule has 1 aliphatic rings. The van der Waals surface area contributed by atoms with Gasteiger partial charge < -0.3 is 19.6 Å². The summed E-state index contributed by atoms with van der Waals surface area (Å²) in [6, 6.07) is 11.5. The highest BCUT2D eigenvalue weighted by molar-refractivity contribution is 6.46. The molecule has 0 saturated carbocycles. The molecule has 1 amide bonds. The normalized spacial score (nSPS) is 18.5. The summed E-state index contributed by atoms with van der Waals surface area (Å²) in [5.41, 5.74) is 0.346. The van der Waals surface area contributed by atoms with Crippen molar-refractivity contribution in [2.75, 3.05) is 34.3 Å². The number of hydrogen-bond donors (Lipinski definition) is 1. The molecule has 0 aromatic heterocycles. The van der Waals surface area contributed by atoms with Crippen molar-refractivity contribution in [2.24, 2.45) is 0 Å². The second-order valence-electron chi connectivity index (χ2n) is 7.05. The number of likely N-dealkylation sites (tertiary alicyclic amines) is 1. The molecule has 29 heavy (non-hydrogen) atoms. The van der Waals surface area contributed by atoms with Gasteiger partial charge in [0.05, 0.1) is 18.7 Å². The molecule has 1 N–H and O–H groups in total. The number of amides is 1. The molecule has 7 heteroatoms. The van der Waals surface area contributed by atoms with Crippen molar-refractivity contribution in [1.82, 2.24) is 9.80 Å². The van der Waals surface area contributed by atoms with Gasteiger partial charge in [-0.05, 0) is 32.3 Å². The summed E-state index contributed by atoms with van der Waals surface area (Å²) in [4.78, 5) is 28.8. The lowest BCUT2D eigenvalue weighted by Gasteiger charge is -2.26. The van der Waals surface area contributed by atoms with Crippen LogP contribution in [0.3, 0.4) is 0 Å². The maximum Gasteiger partial charge on any atom is 0.295 e. The highest BCUT2D eigenvalue weighted by Crippen LogP contribution is 2.40. The summed E-state index contributed by atoms with van der Waals surface area (Å²) in [6.45, 7) is 0.697. The lowest BCUT2D eigenvalue weighted by atomic mass is 9.95. The van der Waals surface area contributed by atoms with Crippen LogP contribution in [-0.2, 0) is 9.59 Å². The van der Waals surface area contributed by atoms with Crippen molar-refractivity contribution in [3.8, 4) is 5.75 Å². The number of aliphatic hydroxyl groups is 1. The minimum absolute atomic E-state index is 0.132. The SMILES string of the molecule is COc1cccc(/C(O)=C2\C(=O)C(=O)N(CCN(C)C)[C@@H]2c2ccccc2F)c1. The molecule has 0 unspecified atom stereocenters. The molecule has 1 atom stereocenters. The molecule has 3 rings (SSSR count). The van der Waals surface area contributed by atoms with Crippen molar-refractivity contribution in [2.45, 2.75) is 6.04 Å². The number of nitrogens with zero attached hydrogens (tertiary/aromatic N) is 2. The van der Waals surface area contributed by atoms with Gasteiger partial charge in [0.1, 0.15) is 17.3 Å². The van der Waals surface area contributed by atoms with E-state index in [2.05, 4.69) is 0 Å². The molecule has 1 heterocycles. The van der Waals surface area contributed by atoms with E-state index in [1.54, 1.807) is 30.3 Å². The predicted octanol–water partition coefficient (Wildman–Crippen LogP) is 2.82. The van der Waals surface area contributed by atoms with E-state index in [4.69, 9.17) is 4.74 Å². The maximum absolute atomic E-state index is 14.6. The Morgan fingerprint density at radius 1 is 1.17 bits per heavy atom. The number of benzene rings is 2. The zero-order valence-electron chi connectivity index (χ0n) is 16.6. The molecule has 152 valence electrons. The molecule has 1 fully saturated rings. The summed E-state index contributed by atoms with van der Waals surface area (Å²) in [6.07, 6.45) is 0. The number of Topliss-reactive ketones (excluding diaryl/α,β-unsaturated/α-hetero) is 1. The fraction of sp³-hybridized carbons (Fsp3) is 0.273. The summed E-state index contributed by atoms with van der Waals surface area (Å²) < 4.78 is 19.8. The average molecular weight is 398 g/mol. The number of halogens is 1. The first-order valence-corrected chi connectivity index (χ1v) is 9.17. The van der Waals surface area contributed by atoms with Crippen LogP contribution in [0.1, 0.15) is 17.2 Å². The zero-order chi connectivity index (χ0) is 21.1. The van der Waals surface area contributed by atoms with E-state index in [0.717, 1.165) is 0 Å². The molecule has 2 aromatic carbocycles. The van der Waals surface area contributed by atoms with Gasteiger partial charge in [0.25, 0.3) is 11.7 Å². The van der Waals surface area contributed by atoms with Crippen LogP contribution in [0.25, 0.3) is 5.76 Å². The number of ether oxygens (including phenoxy) is 1. The number of ketones is 1. The maximum atomic E-state index is 14.6. The Morgan fingerprint density at radius 2 is 1.90 bits per heavy atom. The first-order chi connectivity index (χ1) is 13.8. The average Bonchev–Trinajstić information content (AvgIpc) is 2.96. The van der Waals surface area contributed by atoms with Gasteiger partial charge in [0.15, 0.2) is 0 Å². The van der Waals surface area contributed by atoms with E-state index in [1.165, 1.54) is 30.2 Å². The number of rotatable bonds is 6. The molecule has 0 bridgehead atoms. The number of hydrogen-bond acceptors (Lipinski definition) is 5. The quantitative estimate of drug-likeness (QED) is 0.460. The monoisotopic (exact) mass is 398 g/mol. The Labute approximate surface area is 168 Å². The van der Waals surface area contributed by atoms with Gasteiger partial charge in [0, 0.05) is 24.2 Å². The summed E-state index contributed by atoms with van der Waals surface area (Å²) in [5.74, 6) is -2.02. The van der Waals surface area contributed by atoms with E-state index in [1.807, 2.05) is 19.0 Å². The third-order valence-electron chi connectivity index (χ3n) is 4.87. The van der Waals surface area contributed by atoms with E-state index in [9.17, 15) is 19.1 Å². The smallest absolute Gasteiger partial charge is 0.295 e. The van der Waals surface area contributed by atoms with Gasteiger partial charge in [-0.2, -0.15) is 0 Å². The number of carbonyl (C=O) groups is 2. The van der Waals surface area contributed by atoms with Crippen LogP contribution < -0.4 is 4.74 Å².